The van der Waals surface area contributed by atoms with Crippen molar-refractivity contribution >= 4 is 11.6 Å². The molecule has 160 valence electrons. The number of aliphatic hydroxyl groups excluding tert-OH is 1. The van der Waals surface area contributed by atoms with Gasteiger partial charge in [-0.2, -0.15) is 0 Å². The normalized spacial score (nSPS) is 15.5. The number of aliphatic hydroxyl groups is 1. The average molecular weight is 414 g/mol. The number of rotatable bonds is 7. The molecule has 0 radical (unpaired) electrons. The maximum Gasteiger partial charge on any atom is 0.286 e. The number of nitro groups is 1. The van der Waals surface area contributed by atoms with Gasteiger partial charge in [0.1, 0.15) is 5.56 Å². The lowest BCUT2D eigenvalue weighted by atomic mass is 9.87. The first kappa shape index (κ1) is 21.6. The second-order valence-electron chi connectivity index (χ2n) is 7.20. The van der Waals surface area contributed by atoms with E-state index in [-0.39, 0.29) is 28.7 Å². The minimum atomic E-state index is -0.594. The predicted octanol–water partition coefficient (Wildman–Crippen LogP) is 3.59. The van der Waals surface area contributed by atoms with Gasteiger partial charge < -0.3 is 19.5 Å². The van der Waals surface area contributed by atoms with E-state index in [0.29, 0.717) is 32.5 Å². The number of carbonyl (C=O) groups excluding carboxylic acids is 1. The summed E-state index contributed by atoms with van der Waals surface area (Å²) in [5, 5.41) is 22.2. The number of nitrogens with zero attached hydrogens (tertiary/aromatic N) is 2. The highest BCUT2D eigenvalue weighted by Crippen LogP contribution is 2.37. The van der Waals surface area contributed by atoms with Crippen molar-refractivity contribution in [2.75, 3.05) is 26.8 Å². The van der Waals surface area contributed by atoms with Crippen LogP contribution in [-0.4, -0.2) is 47.6 Å². The Kier molecular flexibility index (Phi) is 6.89. The molecule has 3 rings (SSSR count). The standard InChI is InChI=1S/C22H26N2O6/c1-3-30-20-14-18(24(27)28)17(13-19(20)29-2)22(26)23-11-9-16(10-12-23)21(25)15-7-5-4-6-8-15/h4-8,13-14,16,21,25H,3,9-12H2,1-2H3/t21-/m0/s1. The molecular formula is C22H26N2O6. The first-order chi connectivity index (χ1) is 14.5. The lowest BCUT2D eigenvalue weighted by Gasteiger charge is -2.34. The first-order valence-electron chi connectivity index (χ1n) is 9.97. The fraction of sp³-hybridized carbons (Fsp3) is 0.409. The molecule has 1 amide bonds. The van der Waals surface area contributed by atoms with E-state index in [1.165, 1.54) is 19.2 Å². The molecule has 1 fully saturated rings. The number of hydrogen-bond acceptors (Lipinski definition) is 6. The zero-order valence-electron chi connectivity index (χ0n) is 17.1. The predicted molar refractivity (Wildman–Crippen MR) is 111 cm³/mol. The Hall–Kier alpha value is -3.13. The molecule has 0 saturated carbocycles. The summed E-state index contributed by atoms with van der Waals surface area (Å²) in [6.07, 6.45) is 0.636. The fourth-order valence-corrected chi connectivity index (χ4v) is 3.81. The average Bonchev–Trinajstić information content (AvgIpc) is 2.78. The molecule has 2 aromatic carbocycles. The van der Waals surface area contributed by atoms with Crippen molar-refractivity contribution < 1.29 is 24.3 Å². The highest BCUT2D eigenvalue weighted by molar-refractivity contribution is 5.99. The van der Waals surface area contributed by atoms with E-state index in [0.717, 1.165) is 5.56 Å². The van der Waals surface area contributed by atoms with Crippen LogP contribution in [0.4, 0.5) is 5.69 Å². The largest absolute Gasteiger partial charge is 0.493 e. The second kappa shape index (κ2) is 9.58. The van der Waals surface area contributed by atoms with Gasteiger partial charge in [-0.3, -0.25) is 14.9 Å². The molecule has 1 aliphatic rings. The molecule has 8 nitrogen and oxygen atoms in total. The van der Waals surface area contributed by atoms with Gasteiger partial charge in [0, 0.05) is 19.2 Å². The van der Waals surface area contributed by atoms with Crippen LogP contribution >= 0.6 is 0 Å². The molecule has 1 N–H and O–H groups in total. The van der Waals surface area contributed by atoms with Crippen LogP contribution < -0.4 is 9.47 Å². The Labute approximate surface area is 175 Å². The van der Waals surface area contributed by atoms with E-state index in [9.17, 15) is 20.0 Å². The van der Waals surface area contributed by atoms with Gasteiger partial charge in [-0.15, -0.1) is 0 Å². The van der Waals surface area contributed by atoms with Gasteiger partial charge in [0.15, 0.2) is 11.5 Å². The van der Waals surface area contributed by atoms with Crippen LogP contribution in [0.5, 0.6) is 11.5 Å². The summed E-state index contributed by atoms with van der Waals surface area (Å²) in [7, 11) is 1.43. The summed E-state index contributed by atoms with van der Waals surface area (Å²) >= 11 is 0. The number of nitro benzene ring substituents is 1. The zero-order chi connectivity index (χ0) is 21.7. The lowest BCUT2D eigenvalue weighted by molar-refractivity contribution is -0.385. The van der Waals surface area contributed by atoms with E-state index in [1.807, 2.05) is 30.3 Å². The number of amides is 1. The summed E-state index contributed by atoms with van der Waals surface area (Å²) in [4.78, 5) is 25.7. The Morgan fingerprint density at radius 2 is 1.90 bits per heavy atom. The molecule has 8 heteroatoms. The van der Waals surface area contributed by atoms with Crippen LogP contribution in [0.2, 0.25) is 0 Å². The summed E-state index contributed by atoms with van der Waals surface area (Å²) in [6.45, 7) is 2.91. The van der Waals surface area contributed by atoms with Gasteiger partial charge in [0.2, 0.25) is 0 Å². The third-order valence-electron chi connectivity index (χ3n) is 5.42. The molecule has 1 saturated heterocycles. The lowest BCUT2D eigenvalue weighted by Crippen LogP contribution is -2.40. The molecule has 1 aliphatic heterocycles. The van der Waals surface area contributed by atoms with Crippen molar-refractivity contribution in [1.29, 1.82) is 0 Å². The smallest absolute Gasteiger partial charge is 0.286 e. The van der Waals surface area contributed by atoms with Crippen molar-refractivity contribution in [3.8, 4) is 11.5 Å². The molecule has 30 heavy (non-hydrogen) atoms. The Morgan fingerprint density at radius 1 is 1.23 bits per heavy atom. The number of carbonyl (C=O) groups is 1. The highest BCUT2D eigenvalue weighted by Gasteiger charge is 2.32. The van der Waals surface area contributed by atoms with E-state index >= 15 is 0 Å². The molecular weight excluding hydrogens is 388 g/mol. The van der Waals surface area contributed by atoms with E-state index in [2.05, 4.69) is 0 Å². The molecule has 1 atom stereocenters. The highest BCUT2D eigenvalue weighted by atomic mass is 16.6. The maximum atomic E-state index is 13.1. The van der Waals surface area contributed by atoms with Crippen LogP contribution in [0.15, 0.2) is 42.5 Å². The first-order valence-corrected chi connectivity index (χ1v) is 9.97. The number of ether oxygens (including phenoxy) is 2. The number of methoxy groups -OCH3 is 1. The van der Waals surface area contributed by atoms with Crippen molar-refractivity contribution in [1.82, 2.24) is 4.90 Å². The van der Waals surface area contributed by atoms with Crippen LogP contribution in [0.25, 0.3) is 0 Å². The molecule has 0 aromatic heterocycles. The van der Waals surface area contributed by atoms with Crippen LogP contribution in [0.1, 0.15) is 41.8 Å². The van der Waals surface area contributed by atoms with Gasteiger partial charge >= 0.3 is 0 Å². The van der Waals surface area contributed by atoms with Crippen LogP contribution in [0, 0.1) is 16.0 Å². The van der Waals surface area contributed by atoms with E-state index < -0.39 is 16.9 Å². The second-order valence-corrected chi connectivity index (χ2v) is 7.20. The van der Waals surface area contributed by atoms with Gasteiger partial charge in [0.25, 0.3) is 11.6 Å². The summed E-state index contributed by atoms with van der Waals surface area (Å²) in [5.74, 6) is 0.116. The third kappa shape index (κ3) is 4.54. The molecule has 0 aliphatic carbocycles. The van der Waals surface area contributed by atoms with Crippen molar-refractivity contribution in [3.63, 3.8) is 0 Å². The number of piperidine rings is 1. The van der Waals surface area contributed by atoms with Crippen LogP contribution in [0.3, 0.4) is 0 Å². The Morgan fingerprint density at radius 3 is 2.47 bits per heavy atom. The molecule has 0 unspecified atom stereocenters. The van der Waals surface area contributed by atoms with Crippen molar-refractivity contribution in [2.45, 2.75) is 25.9 Å². The SMILES string of the molecule is CCOc1cc([N+](=O)[O-])c(C(=O)N2CCC([C@@H](O)c3ccccc3)CC2)cc1OC. The Balaban J connectivity index is 1.76. The minimum Gasteiger partial charge on any atom is -0.493 e. The minimum absolute atomic E-state index is 0.0256. The van der Waals surface area contributed by atoms with Crippen LogP contribution in [-0.2, 0) is 0 Å². The number of likely N-dealkylation sites (tertiary alicyclic amines) is 1. The number of benzene rings is 2. The van der Waals surface area contributed by atoms with Crippen molar-refractivity contribution in [2.24, 2.45) is 5.92 Å². The molecule has 2 aromatic rings. The summed E-state index contributed by atoms with van der Waals surface area (Å²) in [5.41, 5.74) is 0.521. The Bertz CT molecular complexity index is 894. The summed E-state index contributed by atoms with van der Waals surface area (Å²) < 4.78 is 10.7. The van der Waals surface area contributed by atoms with Crippen molar-refractivity contribution in [3.05, 3.63) is 63.7 Å². The zero-order valence-corrected chi connectivity index (χ0v) is 17.1. The molecule has 0 bridgehead atoms. The molecule has 1 heterocycles. The molecule has 0 spiro atoms. The monoisotopic (exact) mass is 414 g/mol. The van der Waals surface area contributed by atoms with Gasteiger partial charge in [-0.25, -0.2) is 0 Å². The quantitative estimate of drug-likeness (QED) is 0.549. The van der Waals surface area contributed by atoms with Gasteiger partial charge in [-0.05, 0) is 31.2 Å². The van der Waals surface area contributed by atoms with E-state index in [1.54, 1.807) is 11.8 Å². The third-order valence-corrected chi connectivity index (χ3v) is 5.42. The van der Waals surface area contributed by atoms with Gasteiger partial charge in [-0.1, -0.05) is 30.3 Å². The summed E-state index contributed by atoms with van der Waals surface area (Å²) in [6, 6.07) is 12.0. The topological polar surface area (TPSA) is 102 Å². The number of hydrogen-bond donors (Lipinski definition) is 1. The van der Waals surface area contributed by atoms with E-state index in [4.69, 9.17) is 9.47 Å². The van der Waals surface area contributed by atoms with Gasteiger partial charge in [0.05, 0.1) is 30.8 Å². The fourth-order valence-electron chi connectivity index (χ4n) is 3.81. The maximum absolute atomic E-state index is 13.1.